The minimum Gasteiger partial charge on any atom is -0.351 e. The summed E-state index contributed by atoms with van der Waals surface area (Å²) in [5.74, 6) is 0.494. The lowest BCUT2D eigenvalue weighted by Gasteiger charge is -2.32. The van der Waals surface area contributed by atoms with E-state index < -0.39 is 21.9 Å². The Morgan fingerprint density at radius 1 is 1.28 bits per heavy atom. The van der Waals surface area contributed by atoms with Gasteiger partial charge in [0.25, 0.3) is 0 Å². The standard InChI is InChI=1S/C18H25FN2O3S/c1-3-17(18(22)20-16-11-12-4-5-13(16)10-12)21(25(2,23)24)15-8-6-14(19)7-9-15/h6-9,12-13,16-17H,3-5,10-11H2,1-2H3,(H,20,22). The molecular formula is C18H25FN2O3S. The molecule has 138 valence electrons. The van der Waals surface area contributed by atoms with Crippen molar-refractivity contribution in [3.8, 4) is 0 Å². The molecule has 0 aromatic heterocycles. The predicted molar refractivity (Wildman–Crippen MR) is 95.2 cm³/mol. The molecule has 7 heteroatoms. The predicted octanol–water partition coefficient (Wildman–Crippen LogP) is 2.68. The van der Waals surface area contributed by atoms with Gasteiger partial charge in [0.1, 0.15) is 11.9 Å². The molecule has 4 unspecified atom stereocenters. The van der Waals surface area contributed by atoms with Crippen LogP contribution in [0.2, 0.25) is 0 Å². The fourth-order valence-corrected chi connectivity index (χ4v) is 5.56. The summed E-state index contributed by atoms with van der Waals surface area (Å²) in [6.45, 7) is 1.78. The Hall–Kier alpha value is -1.63. The fourth-order valence-electron chi connectivity index (χ4n) is 4.35. The van der Waals surface area contributed by atoms with Gasteiger partial charge in [-0.2, -0.15) is 0 Å². The normalized spacial score (nSPS) is 26.4. The first-order chi connectivity index (χ1) is 11.8. The molecule has 0 spiro atoms. The third-order valence-corrected chi connectivity index (χ3v) is 6.66. The van der Waals surface area contributed by atoms with E-state index >= 15 is 0 Å². The summed E-state index contributed by atoms with van der Waals surface area (Å²) >= 11 is 0. The van der Waals surface area contributed by atoms with Gasteiger partial charge in [-0.15, -0.1) is 0 Å². The van der Waals surface area contributed by atoms with Crippen LogP contribution in [0.4, 0.5) is 10.1 Å². The van der Waals surface area contributed by atoms with Gasteiger partial charge in [-0.3, -0.25) is 9.10 Å². The van der Waals surface area contributed by atoms with Crippen molar-refractivity contribution >= 4 is 21.6 Å². The number of fused-ring (bicyclic) bond motifs is 2. The van der Waals surface area contributed by atoms with E-state index in [1.54, 1.807) is 6.92 Å². The highest BCUT2D eigenvalue weighted by Crippen LogP contribution is 2.44. The van der Waals surface area contributed by atoms with Crippen molar-refractivity contribution in [1.82, 2.24) is 5.32 Å². The maximum absolute atomic E-state index is 13.2. The molecule has 1 aromatic carbocycles. The number of hydrogen-bond acceptors (Lipinski definition) is 3. The van der Waals surface area contributed by atoms with Gasteiger partial charge in [0, 0.05) is 6.04 Å². The highest BCUT2D eigenvalue weighted by atomic mass is 32.2. The molecule has 3 rings (SSSR count). The lowest BCUT2D eigenvalue weighted by atomic mass is 9.95. The molecule has 2 fully saturated rings. The van der Waals surface area contributed by atoms with Crippen molar-refractivity contribution < 1.29 is 17.6 Å². The Morgan fingerprint density at radius 3 is 2.44 bits per heavy atom. The van der Waals surface area contributed by atoms with Gasteiger partial charge >= 0.3 is 0 Å². The van der Waals surface area contributed by atoms with Gasteiger partial charge in [-0.25, -0.2) is 12.8 Å². The van der Waals surface area contributed by atoms with Gasteiger partial charge in [0.2, 0.25) is 15.9 Å². The summed E-state index contributed by atoms with van der Waals surface area (Å²) in [7, 11) is -3.68. The molecule has 0 aliphatic heterocycles. The zero-order valence-electron chi connectivity index (χ0n) is 14.6. The molecule has 0 saturated heterocycles. The second kappa shape index (κ2) is 6.94. The summed E-state index contributed by atoms with van der Waals surface area (Å²) < 4.78 is 39.0. The third-order valence-electron chi connectivity index (χ3n) is 5.48. The van der Waals surface area contributed by atoms with E-state index in [0.717, 1.165) is 29.8 Å². The maximum atomic E-state index is 13.2. The largest absolute Gasteiger partial charge is 0.351 e. The van der Waals surface area contributed by atoms with Crippen LogP contribution in [0, 0.1) is 17.7 Å². The van der Waals surface area contributed by atoms with Crippen molar-refractivity contribution in [2.24, 2.45) is 11.8 Å². The number of hydrogen-bond donors (Lipinski definition) is 1. The van der Waals surface area contributed by atoms with Crippen LogP contribution in [0.3, 0.4) is 0 Å². The van der Waals surface area contributed by atoms with Crippen LogP contribution in [-0.2, 0) is 14.8 Å². The minimum absolute atomic E-state index is 0.148. The Labute approximate surface area is 148 Å². The lowest BCUT2D eigenvalue weighted by Crippen LogP contribution is -2.52. The summed E-state index contributed by atoms with van der Waals surface area (Å²) in [5.41, 5.74) is 0.304. The number of sulfonamides is 1. The van der Waals surface area contributed by atoms with Gasteiger partial charge in [-0.1, -0.05) is 13.3 Å². The monoisotopic (exact) mass is 368 g/mol. The van der Waals surface area contributed by atoms with Crippen molar-refractivity contribution in [2.45, 2.75) is 51.1 Å². The third kappa shape index (κ3) is 3.81. The van der Waals surface area contributed by atoms with Crippen molar-refractivity contribution in [3.63, 3.8) is 0 Å². The number of rotatable bonds is 6. The molecule has 2 aliphatic carbocycles. The molecule has 0 radical (unpaired) electrons. The van der Waals surface area contributed by atoms with E-state index in [-0.39, 0.29) is 11.9 Å². The molecule has 1 aromatic rings. The van der Waals surface area contributed by atoms with E-state index in [1.165, 1.54) is 30.7 Å². The topological polar surface area (TPSA) is 66.5 Å². The van der Waals surface area contributed by atoms with Crippen molar-refractivity contribution in [3.05, 3.63) is 30.1 Å². The van der Waals surface area contributed by atoms with E-state index in [9.17, 15) is 17.6 Å². The average molecular weight is 368 g/mol. The number of benzene rings is 1. The number of anilines is 1. The molecular weight excluding hydrogens is 343 g/mol. The van der Waals surface area contributed by atoms with E-state index in [0.29, 0.717) is 23.9 Å². The number of nitrogens with zero attached hydrogens (tertiary/aromatic N) is 1. The average Bonchev–Trinajstić information content (AvgIpc) is 3.15. The molecule has 2 aliphatic rings. The molecule has 1 N–H and O–H groups in total. The van der Waals surface area contributed by atoms with Crippen molar-refractivity contribution in [1.29, 1.82) is 0 Å². The summed E-state index contributed by atoms with van der Waals surface area (Å²) in [5, 5.41) is 3.08. The molecule has 2 saturated carbocycles. The van der Waals surface area contributed by atoms with Crippen LogP contribution in [0.15, 0.2) is 24.3 Å². The molecule has 1 amide bonds. The van der Waals surface area contributed by atoms with Crippen LogP contribution in [0.25, 0.3) is 0 Å². The van der Waals surface area contributed by atoms with E-state index in [4.69, 9.17) is 0 Å². The van der Waals surface area contributed by atoms with Gasteiger partial charge in [0.15, 0.2) is 0 Å². The van der Waals surface area contributed by atoms with Gasteiger partial charge in [-0.05, 0) is 61.8 Å². The van der Waals surface area contributed by atoms with Crippen LogP contribution < -0.4 is 9.62 Å². The number of carbonyl (C=O) groups excluding carboxylic acids is 1. The zero-order chi connectivity index (χ0) is 18.2. The molecule has 25 heavy (non-hydrogen) atoms. The SMILES string of the molecule is CCC(C(=O)NC1CC2CCC1C2)N(c1ccc(F)cc1)S(C)(=O)=O. The molecule has 2 bridgehead atoms. The number of nitrogens with one attached hydrogen (secondary N) is 1. The molecule has 5 nitrogen and oxygen atoms in total. The lowest BCUT2D eigenvalue weighted by molar-refractivity contribution is -0.123. The Morgan fingerprint density at radius 2 is 1.96 bits per heavy atom. The quantitative estimate of drug-likeness (QED) is 0.839. The number of amides is 1. The number of carbonyl (C=O) groups is 1. The Balaban J connectivity index is 1.82. The minimum atomic E-state index is -3.68. The summed E-state index contributed by atoms with van der Waals surface area (Å²) in [4.78, 5) is 12.8. The number of halogens is 1. The molecule has 0 heterocycles. The second-order valence-electron chi connectivity index (χ2n) is 7.25. The maximum Gasteiger partial charge on any atom is 0.244 e. The first kappa shape index (κ1) is 18.2. The van der Waals surface area contributed by atoms with E-state index in [1.807, 2.05) is 0 Å². The first-order valence-electron chi connectivity index (χ1n) is 8.85. The molecule has 4 atom stereocenters. The van der Waals surface area contributed by atoms with E-state index in [2.05, 4.69) is 5.32 Å². The van der Waals surface area contributed by atoms with Crippen LogP contribution in [0.1, 0.15) is 39.0 Å². The second-order valence-corrected chi connectivity index (χ2v) is 9.11. The van der Waals surface area contributed by atoms with Crippen LogP contribution >= 0.6 is 0 Å². The highest BCUT2D eigenvalue weighted by molar-refractivity contribution is 7.92. The zero-order valence-corrected chi connectivity index (χ0v) is 15.4. The Bertz CT molecular complexity index is 735. The van der Waals surface area contributed by atoms with Crippen molar-refractivity contribution in [2.75, 3.05) is 10.6 Å². The van der Waals surface area contributed by atoms with Gasteiger partial charge in [0.05, 0.1) is 11.9 Å². The summed E-state index contributed by atoms with van der Waals surface area (Å²) in [6, 6.07) is 4.50. The smallest absolute Gasteiger partial charge is 0.244 e. The Kier molecular flexibility index (Phi) is 5.04. The van der Waals surface area contributed by atoms with Crippen LogP contribution in [-0.4, -0.2) is 32.7 Å². The first-order valence-corrected chi connectivity index (χ1v) is 10.7. The fraction of sp³-hybridized carbons (Fsp3) is 0.611. The highest BCUT2D eigenvalue weighted by Gasteiger charge is 2.41. The van der Waals surface area contributed by atoms with Gasteiger partial charge < -0.3 is 5.32 Å². The van der Waals surface area contributed by atoms with Crippen LogP contribution in [0.5, 0.6) is 0 Å². The summed E-state index contributed by atoms with van der Waals surface area (Å²) in [6.07, 6.45) is 5.94.